The number of thioether (sulfide) groups is 2. The monoisotopic (exact) mass is 624 g/mol. The van der Waals surface area contributed by atoms with Crippen LogP contribution in [0, 0.1) is 15.5 Å². The summed E-state index contributed by atoms with van der Waals surface area (Å²) in [5.74, 6) is 2.20. The maximum Gasteiger partial charge on any atom is 0.254 e. The van der Waals surface area contributed by atoms with Gasteiger partial charge >= 0.3 is 0 Å². The largest absolute Gasteiger partial charge is 0.494 e. The highest BCUT2D eigenvalue weighted by Gasteiger charge is 2.24. The van der Waals surface area contributed by atoms with Crippen molar-refractivity contribution in [1.29, 1.82) is 0 Å². The number of pyridine rings is 2. The summed E-state index contributed by atoms with van der Waals surface area (Å²) in [5, 5.41) is 11.6. The number of rotatable bonds is 15. The molecule has 0 saturated heterocycles. The van der Waals surface area contributed by atoms with Crippen LogP contribution >= 0.6 is 48.4 Å². The molecule has 0 aromatic carbocycles. The third-order valence-electron chi connectivity index (χ3n) is 8.15. The van der Waals surface area contributed by atoms with Gasteiger partial charge in [0.15, 0.2) is 5.88 Å². The number of fused-ring (bicyclic) bond motifs is 2. The smallest absolute Gasteiger partial charge is 0.254 e. The quantitative estimate of drug-likeness (QED) is 0.125. The first-order chi connectivity index (χ1) is 19.0. The third kappa shape index (κ3) is 8.34. The van der Waals surface area contributed by atoms with Gasteiger partial charge in [-0.15, -0.1) is 36.2 Å². The van der Waals surface area contributed by atoms with Gasteiger partial charge in [-0.3, -0.25) is 9.36 Å². The molecule has 0 aliphatic carbocycles. The van der Waals surface area contributed by atoms with Gasteiger partial charge in [0.25, 0.3) is 5.56 Å². The molecule has 0 atom stereocenters. The molecule has 0 spiro atoms. The summed E-state index contributed by atoms with van der Waals surface area (Å²) in [6.45, 7) is 12.9. The Morgan fingerprint density at radius 2 is 1.38 bits per heavy atom. The lowest BCUT2D eigenvalue weighted by Crippen LogP contribution is -2.25. The molecule has 2 aromatic rings. The van der Waals surface area contributed by atoms with Crippen LogP contribution < -0.4 is 5.56 Å². The molecule has 40 heavy (non-hydrogen) atoms. The Kier molecular flexibility index (Phi) is 11.2. The van der Waals surface area contributed by atoms with E-state index in [1.54, 1.807) is 17.8 Å². The standard InChI is InChI=1S/C30H44N2O4S4/c1-29(2,7-11-31-25(33)19-23-21(27(31)34)5-17-39-23)9-13-35-15-16-36-14-10-30(3,4)8-12-32-26(37)20-24-22(28(32)38)6-18-40-24/h19-20,34,38H,5-18H2,1-4H3. The molecule has 2 aromatic heterocycles. The highest BCUT2D eigenvalue weighted by molar-refractivity contribution is 7.99. The normalized spacial score (nSPS) is 15.0. The van der Waals surface area contributed by atoms with Crippen molar-refractivity contribution >= 4 is 48.4 Å². The van der Waals surface area contributed by atoms with Crippen molar-refractivity contribution in [3.8, 4) is 5.88 Å². The van der Waals surface area contributed by atoms with E-state index in [1.807, 2.05) is 11.8 Å². The third-order valence-corrected chi connectivity index (χ3v) is 11.2. The van der Waals surface area contributed by atoms with Crippen molar-refractivity contribution in [2.75, 3.05) is 37.9 Å². The van der Waals surface area contributed by atoms with E-state index in [2.05, 4.69) is 38.3 Å². The van der Waals surface area contributed by atoms with Gasteiger partial charge < -0.3 is 19.1 Å². The summed E-state index contributed by atoms with van der Waals surface area (Å²) in [5.41, 5.74) is 2.29. The Balaban J connectivity index is 1.09. The summed E-state index contributed by atoms with van der Waals surface area (Å²) in [6.07, 6.45) is 5.57. The van der Waals surface area contributed by atoms with E-state index in [1.165, 1.54) is 15.0 Å². The predicted molar refractivity (Wildman–Crippen MR) is 171 cm³/mol. The Bertz CT molecular complexity index is 1200. The molecule has 0 amide bonds. The van der Waals surface area contributed by atoms with Crippen LogP contribution in [0.25, 0.3) is 0 Å². The highest BCUT2D eigenvalue weighted by atomic mass is 32.2. The van der Waals surface area contributed by atoms with Crippen LogP contribution in [0.15, 0.2) is 31.7 Å². The van der Waals surface area contributed by atoms with Gasteiger partial charge in [0.1, 0.15) is 4.64 Å². The van der Waals surface area contributed by atoms with Gasteiger partial charge in [-0.1, -0.05) is 39.9 Å². The van der Waals surface area contributed by atoms with Crippen LogP contribution in [-0.4, -0.2) is 52.2 Å². The molecular weight excluding hydrogens is 581 g/mol. The van der Waals surface area contributed by atoms with Crippen LogP contribution in [0.2, 0.25) is 0 Å². The summed E-state index contributed by atoms with van der Waals surface area (Å²) < 4.78 is 16.3. The minimum atomic E-state index is -0.115. The van der Waals surface area contributed by atoms with Crippen molar-refractivity contribution in [2.24, 2.45) is 10.8 Å². The first-order valence-corrected chi connectivity index (χ1v) is 17.1. The Morgan fingerprint density at radius 3 is 1.98 bits per heavy atom. The number of hydrogen-bond donors (Lipinski definition) is 2. The van der Waals surface area contributed by atoms with Crippen LogP contribution in [-0.2, 0) is 35.4 Å². The van der Waals surface area contributed by atoms with Crippen LogP contribution in [0.3, 0.4) is 0 Å². The summed E-state index contributed by atoms with van der Waals surface area (Å²) in [6, 6.07) is 3.81. The molecule has 6 nitrogen and oxygen atoms in total. The summed E-state index contributed by atoms with van der Waals surface area (Å²) in [4.78, 5) is 14.7. The molecular formula is C30H44N2O4S4. The number of ether oxygens (including phenoxy) is 2. The lowest BCUT2D eigenvalue weighted by molar-refractivity contribution is 0.0268. The molecule has 2 aliphatic rings. The fourth-order valence-corrected chi connectivity index (χ4v) is 8.22. The number of nitrogens with zero attached hydrogens (tertiary/aromatic N) is 2. The predicted octanol–water partition coefficient (Wildman–Crippen LogP) is 7.02. The zero-order valence-corrected chi connectivity index (χ0v) is 27.6. The van der Waals surface area contributed by atoms with Gasteiger partial charge in [-0.2, -0.15) is 0 Å². The van der Waals surface area contributed by atoms with Crippen molar-refractivity contribution in [3.63, 3.8) is 0 Å². The number of thiol groups is 1. The number of aromatic hydroxyl groups is 1. The molecule has 10 heteroatoms. The van der Waals surface area contributed by atoms with Crippen molar-refractivity contribution in [3.05, 3.63) is 38.3 Å². The Labute approximate surface area is 258 Å². The van der Waals surface area contributed by atoms with Gasteiger partial charge in [-0.25, -0.2) is 0 Å². The second-order valence-electron chi connectivity index (χ2n) is 12.4. The number of aromatic nitrogens is 2. The fraction of sp³-hybridized carbons (Fsp3) is 0.667. The van der Waals surface area contributed by atoms with E-state index in [4.69, 9.17) is 34.3 Å². The SMILES string of the molecule is CC(C)(CCOCCOCCC(C)(C)CCn1c(S)c2c(cc1=S)SCC2)CCn1c(O)c2c(cc1=O)SCC2. The molecule has 0 radical (unpaired) electrons. The first-order valence-electron chi connectivity index (χ1n) is 14.3. The summed E-state index contributed by atoms with van der Waals surface area (Å²) in [7, 11) is 0. The molecule has 1 N–H and O–H groups in total. The molecule has 222 valence electrons. The maximum absolute atomic E-state index is 12.5. The molecule has 0 unspecified atom stereocenters. The molecule has 0 bridgehead atoms. The van der Waals surface area contributed by atoms with E-state index >= 15 is 0 Å². The molecule has 4 rings (SSSR count). The van der Waals surface area contributed by atoms with Gasteiger partial charge in [0.05, 0.1) is 18.2 Å². The first kappa shape index (κ1) is 32.0. The number of hydrogen-bond acceptors (Lipinski definition) is 8. The van der Waals surface area contributed by atoms with Crippen LogP contribution in [0.5, 0.6) is 5.88 Å². The zero-order chi connectivity index (χ0) is 28.9. The van der Waals surface area contributed by atoms with Gasteiger partial charge in [0, 0.05) is 59.2 Å². The van der Waals surface area contributed by atoms with Gasteiger partial charge in [-0.05, 0) is 61.0 Å². The average molecular weight is 625 g/mol. The van der Waals surface area contributed by atoms with Crippen molar-refractivity contribution in [2.45, 2.75) is 94.1 Å². The van der Waals surface area contributed by atoms with Gasteiger partial charge in [0.2, 0.25) is 0 Å². The lowest BCUT2D eigenvalue weighted by atomic mass is 9.86. The van der Waals surface area contributed by atoms with Crippen LogP contribution in [0.1, 0.15) is 64.5 Å². The molecule has 0 fully saturated rings. The lowest BCUT2D eigenvalue weighted by Gasteiger charge is -2.26. The van der Waals surface area contributed by atoms with E-state index in [9.17, 15) is 9.90 Å². The topological polar surface area (TPSA) is 65.6 Å². The average Bonchev–Trinajstić information content (AvgIpc) is 3.55. The van der Waals surface area contributed by atoms with E-state index < -0.39 is 0 Å². The second-order valence-corrected chi connectivity index (χ2v) is 15.5. The van der Waals surface area contributed by atoms with E-state index in [-0.39, 0.29) is 22.3 Å². The van der Waals surface area contributed by atoms with Crippen molar-refractivity contribution < 1.29 is 14.6 Å². The Hall–Kier alpha value is -0.910. The van der Waals surface area contributed by atoms with Crippen molar-refractivity contribution in [1.82, 2.24) is 9.13 Å². The minimum Gasteiger partial charge on any atom is -0.494 e. The fourth-order valence-electron chi connectivity index (χ4n) is 5.09. The highest BCUT2D eigenvalue weighted by Crippen LogP contribution is 2.37. The molecule has 4 heterocycles. The minimum absolute atomic E-state index is 0.00201. The Morgan fingerprint density at radius 1 is 0.850 bits per heavy atom. The maximum atomic E-state index is 12.5. The van der Waals surface area contributed by atoms with E-state index in [0.29, 0.717) is 33.0 Å². The van der Waals surface area contributed by atoms with Crippen LogP contribution in [0.4, 0.5) is 0 Å². The van der Waals surface area contributed by atoms with E-state index in [0.717, 1.165) is 76.7 Å². The molecule has 2 aliphatic heterocycles. The zero-order valence-electron chi connectivity index (χ0n) is 24.3. The summed E-state index contributed by atoms with van der Waals surface area (Å²) >= 11 is 14.0. The second kappa shape index (κ2) is 14.0. The molecule has 0 saturated carbocycles.